The molecule has 0 spiro atoms. The van der Waals surface area contributed by atoms with Crippen molar-refractivity contribution in [1.29, 1.82) is 0 Å². The van der Waals surface area contributed by atoms with E-state index in [0.29, 0.717) is 17.3 Å². The maximum absolute atomic E-state index is 12.3. The van der Waals surface area contributed by atoms with Gasteiger partial charge in [0.25, 0.3) is 0 Å². The second-order valence-corrected chi connectivity index (χ2v) is 7.65. The highest BCUT2D eigenvalue weighted by Gasteiger charge is 2.30. The highest BCUT2D eigenvalue weighted by atomic mass is 32.2. The van der Waals surface area contributed by atoms with Crippen LogP contribution in [0, 0.1) is 0 Å². The molecule has 4 rings (SSSR count). The van der Waals surface area contributed by atoms with Gasteiger partial charge in [-0.25, -0.2) is 4.98 Å². The molecule has 1 aromatic heterocycles. The molecule has 30 heavy (non-hydrogen) atoms. The Morgan fingerprint density at radius 1 is 1.10 bits per heavy atom. The highest BCUT2D eigenvalue weighted by molar-refractivity contribution is 8.00. The van der Waals surface area contributed by atoms with E-state index < -0.39 is 0 Å². The molecule has 1 atom stereocenters. The zero-order chi connectivity index (χ0) is 21.3. The number of amides is 1. The molecule has 9 heteroatoms. The number of rotatable bonds is 5. The summed E-state index contributed by atoms with van der Waals surface area (Å²) < 4.78 is 17.8. The minimum absolute atomic E-state index is 0.0690. The van der Waals surface area contributed by atoms with Gasteiger partial charge in [-0.3, -0.25) is 9.36 Å². The number of thioether (sulfide) groups is 1. The molecule has 2 heterocycles. The van der Waals surface area contributed by atoms with Crippen LogP contribution < -0.4 is 19.5 Å². The van der Waals surface area contributed by atoms with Gasteiger partial charge >= 0.3 is 0 Å². The van der Waals surface area contributed by atoms with E-state index in [1.54, 1.807) is 25.6 Å². The summed E-state index contributed by atoms with van der Waals surface area (Å²) in [6, 6.07) is 11.1. The van der Waals surface area contributed by atoms with Crippen LogP contribution in [0.25, 0.3) is 5.69 Å². The van der Waals surface area contributed by atoms with Crippen LogP contribution >= 0.6 is 11.8 Å². The number of carbonyl (C=O) groups excluding carboxylic acids is 1. The fourth-order valence-corrected chi connectivity index (χ4v) is 4.48. The first-order valence-electron chi connectivity index (χ1n) is 9.13. The summed E-state index contributed by atoms with van der Waals surface area (Å²) in [6.45, 7) is 0. The van der Waals surface area contributed by atoms with Gasteiger partial charge in [0.05, 0.1) is 38.0 Å². The maximum atomic E-state index is 12.3. The summed E-state index contributed by atoms with van der Waals surface area (Å²) in [5, 5.41) is 12.9. The zero-order valence-electron chi connectivity index (χ0n) is 16.7. The van der Waals surface area contributed by atoms with Crippen LogP contribution in [0.15, 0.2) is 42.7 Å². The Morgan fingerprint density at radius 2 is 1.77 bits per heavy atom. The molecular formula is C21H21N3O5S. The molecule has 8 nitrogen and oxygen atoms in total. The number of phenolic OH excluding ortho intramolecular Hbond substituents is 1. The van der Waals surface area contributed by atoms with Gasteiger partial charge in [-0.05, 0) is 42.0 Å². The van der Waals surface area contributed by atoms with Gasteiger partial charge in [0, 0.05) is 5.69 Å². The Morgan fingerprint density at radius 3 is 2.37 bits per heavy atom. The van der Waals surface area contributed by atoms with Crippen LogP contribution in [-0.2, 0) is 4.79 Å². The van der Waals surface area contributed by atoms with E-state index in [0.717, 1.165) is 22.7 Å². The number of phenols is 1. The molecule has 0 radical (unpaired) electrons. The first-order chi connectivity index (χ1) is 14.5. The lowest BCUT2D eigenvalue weighted by atomic mass is 10.1. The van der Waals surface area contributed by atoms with Crippen LogP contribution in [0.4, 0.5) is 5.82 Å². The van der Waals surface area contributed by atoms with Gasteiger partial charge in [0.15, 0.2) is 17.3 Å². The highest BCUT2D eigenvalue weighted by Crippen LogP contribution is 2.46. The lowest BCUT2D eigenvalue weighted by Crippen LogP contribution is -2.12. The van der Waals surface area contributed by atoms with Gasteiger partial charge in [0.1, 0.15) is 12.1 Å². The van der Waals surface area contributed by atoms with Crippen molar-refractivity contribution < 1.29 is 24.1 Å². The number of nitrogens with zero attached hydrogens (tertiary/aromatic N) is 2. The molecule has 0 bridgehead atoms. The number of anilines is 1. The number of benzene rings is 2. The molecule has 0 fully saturated rings. The average molecular weight is 427 g/mol. The largest absolute Gasteiger partial charge is 0.502 e. The Balaban J connectivity index is 1.87. The van der Waals surface area contributed by atoms with E-state index in [1.807, 2.05) is 28.8 Å². The molecule has 2 aromatic carbocycles. The number of aromatic nitrogens is 2. The molecule has 1 aliphatic rings. The van der Waals surface area contributed by atoms with E-state index in [1.165, 1.54) is 26.0 Å². The quantitative estimate of drug-likeness (QED) is 0.645. The second-order valence-electron chi connectivity index (χ2n) is 6.56. The van der Waals surface area contributed by atoms with E-state index >= 15 is 0 Å². The first kappa shape index (κ1) is 20.0. The van der Waals surface area contributed by atoms with Crippen molar-refractivity contribution in [3.05, 3.63) is 54.0 Å². The number of hydrogen-bond donors (Lipinski definition) is 2. The van der Waals surface area contributed by atoms with Crippen LogP contribution in [0.5, 0.6) is 23.0 Å². The van der Waals surface area contributed by atoms with Crippen molar-refractivity contribution in [2.75, 3.05) is 32.4 Å². The average Bonchev–Trinajstić information content (AvgIpc) is 3.09. The Bertz CT molecular complexity index is 1060. The van der Waals surface area contributed by atoms with E-state index in [-0.39, 0.29) is 22.7 Å². The van der Waals surface area contributed by atoms with Gasteiger partial charge in [-0.15, -0.1) is 11.8 Å². The zero-order valence-corrected chi connectivity index (χ0v) is 17.5. The summed E-state index contributed by atoms with van der Waals surface area (Å²) in [6.07, 6.45) is 1.68. The number of nitrogens with one attached hydrogen (secondary N) is 1. The van der Waals surface area contributed by atoms with E-state index in [4.69, 9.17) is 14.2 Å². The summed E-state index contributed by atoms with van der Waals surface area (Å²) in [4.78, 5) is 16.7. The summed E-state index contributed by atoms with van der Waals surface area (Å²) in [7, 11) is 4.58. The number of aromatic hydroxyl groups is 1. The standard InChI is InChI=1S/C21H21N3O5S/c1-27-14-6-4-13(5-7-14)24-11-22-21-18(24)20(30-10-17(25)23-21)12-8-15(28-2)19(26)16(9-12)29-3/h4-9,11,20,26H,10H2,1-3H3,(H,23,25). The molecule has 1 amide bonds. The third kappa shape index (κ3) is 3.52. The normalized spacial score (nSPS) is 15.7. The van der Waals surface area contributed by atoms with Crippen LogP contribution in [-0.4, -0.2) is 47.6 Å². The maximum Gasteiger partial charge on any atom is 0.235 e. The lowest BCUT2D eigenvalue weighted by molar-refractivity contribution is -0.113. The third-order valence-corrected chi connectivity index (χ3v) is 6.10. The third-order valence-electron chi connectivity index (χ3n) is 4.85. The van der Waals surface area contributed by atoms with Crippen LogP contribution in [0.1, 0.15) is 16.5 Å². The number of fused-ring (bicyclic) bond motifs is 1. The topological polar surface area (TPSA) is 94.8 Å². The molecule has 3 aromatic rings. The monoisotopic (exact) mass is 427 g/mol. The molecule has 1 aliphatic heterocycles. The minimum Gasteiger partial charge on any atom is -0.502 e. The lowest BCUT2D eigenvalue weighted by Gasteiger charge is -2.20. The Labute approximate surface area is 177 Å². The summed E-state index contributed by atoms with van der Waals surface area (Å²) in [5.74, 6) is 1.90. The van der Waals surface area contributed by atoms with Gasteiger partial charge in [-0.2, -0.15) is 0 Å². The molecule has 1 unspecified atom stereocenters. The SMILES string of the molecule is COc1ccc(-n2cnc3c2C(c2cc(OC)c(O)c(OC)c2)SCC(=O)N3)cc1. The van der Waals surface area contributed by atoms with Gasteiger partial charge in [-0.1, -0.05) is 0 Å². The van der Waals surface area contributed by atoms with Crippen molar-refractivity contribution in [2.24, 2.45) is 0 Å². The second kappa shape index (κ2) is 8.19. The molecular weight excluding hydrogens is 406 g/mol. The molecule has 0 saturated heterocycles. The van der Waals surface area contributed by atoms with Crippen molar-refractivity contribution in [2.45, 2.75) is 5.25 Å². The molecule has 2 N–H and O–H groups in total. The van der Waals surface area contributed by atoms with Crippen molar-refractivity contribution in [3.8, 4) is 28.7 Å². The van der Waals surface area contributed by atoms with Crippen LogP contribution in [0.2, 0.25) is 0 Å². The fraction of sp³-hybridized carbons (Fsp3) is 0.238. The van der Waals surface area contributed by atoms with Gasteiger partial charge < -0.3 is 24.6 Å². The Hall–Kier alpha value is -3.33. The first-order valence-corrected chi connectivity index (χ1v) is 10.2. The van der Waals surface area contributed by atoms with Crippen molar-refractivity contribution in [1.82, 2.24) is 9.55 Å². The smallest absolute Gasteiger partial charge is 0.235 e. The molecule has 156 valence electrons. The number of carbonyl (C=O) groups is 1. The number of imidazole rings is 1. The van der Waals surface area contributed by atoms with E-state index in [9.17, 15) is 9.90 Å². The predicted octanol–water partition coefficient (Wildman–Crippen LogP) is 3.38. The predicted molar refractivity (Wildman–Crippen MR) is 114 cm³/mol. The summed E-state index contributed by atoms with van der Waals surface area (Å²) >= 11 is 1.46. The number of ether oxygens (including phenoxy) is 3. The van der Waals surface area contributed by atoms with Gasteiger partial charge in [0.2, 0.25) is 11.7 Å². The van der Waals surface area contributed by atoms with E-state index in [2.05, 4.69) is 10.3 Å². The van der Waals surface area contributed by atoms with Crippen LogP contribution in [0.3, 0.4) is 0 Å². The molecule has 0 saturated carbocycles. The Kier molecular flexibility index (Phi) is 5.45. The summed E-state index contributed by atoms with van der Waals surface area (Å²) in [5.41, 5.74) is 2.51. The molecule has 0 aliphatic carbocycles. The van der Waals surface area contributed by atoms with Crippen molar-refractivity contribution in [3.63, 3.8) is 0 Å². The fourth-order valence-electron chi connectivity index (χ4n) is 3.38. The number of methoxy groups -OCH3 is 3. The minimum atomic E-state index is -0.257. The number of hydrogen-bond acceptors (Lipinski definition) is 7. The van der Waals surface area contributed by atoms with Crippen molar-refractivity contribution >= 4 is 23.5 Å².